The van der Waals surface area contributed by atoms with E-state index in [2.05, 4.69) is 5.32 Å². The smallest absolute Gasteiger partial charge is 0.341 e. The molecule has 0 saturated carbocycles. The van der Waals surface area contributed by atoms with E-state index < -0.39 is 17.5 Å². The van der Waals surface area contributed by atoms with E-state index in [4.69, 9.17) is 16.3 Å². The highest BCUT2D eigenvalue weighted by molar-refractivity contribution is 6.31. The Morgan fingerprint density at radius 1 is 1.17 bits per heavy atom. The van der Waals surface area contributed by atoms with Gasteiger partial charge in [0.1, 0.15) is 0 Å². The molecule has 29 heavy (non-hydrogen) atoms. The van der Waals surface area contributed by atoms with Gasteiger partial charge in [-0.05, 0) is 30.5 Å². The molecule has 2 aromatic rings. The highest BCUT2D eigenvalue weighted by Gasteiger charge is 2.22. The summed E-state index contributed by atoms with van der Waals surface area (Å²) >= 11 is 6.14. The Kier molecular flexibility index (Phi) is 6.66. The number of non-ortho nitro benzene ring substituents is 1. The second-order valence-electron chi connectivity index (χ2n) is 6.60. The largest absolute Gasteiger partial charge is 0.452 e. The Morgan fingerprint density at radius 3 is 2.59 bits per heavy atom. The molecule has 1 aliphatic rings. The number of carbonyl (C=O) groups is 2. The molecule has 152 valence electrons. The van der Waals surface area contributed by atoms with Crippen molar-refractivity contribution >= 4 is 34.9 Å². The van der Waals surface area contributed by atoms with Gasteiger partial charge in [-0.25, -0.2) is 4.79 Å². The standard InChI is InChI=1S/C20H20ClN3O5/c21-17-6-2-1-5-14(17)12-22-18-8-7-15(24(27)28)11-16(18)20(26)29-13-19(25)23-9-3-4-10-23/h1-2,5-8,11,22H,3-4,9-10,12-13H2. The summed E-state index contributed by atoms with van der Waals surface area (Å²) in [4.78, 5) is 36.8. The van der Waals surface area contributed by atoms with Crippen LogP contribution in [0.25, 0.3) is 0 Å². The van der Waals surface area contributed by atoms with Crippen LogP contribution in [0.2, 0.25) is 5.02 Å². The summed E-state index contributed by atoms with van der Waals surface area (Å²) < 4.78 is 5.13. The number of halogens is 1. The van der Waals surface area contributed by atoms with Crippen LogP contribution in [-0.4, -0.2) is 41.4 Å². The average molecular weight is 418 g/mol. The number of amides is 1. The number of esters is 1. The first-order chi connectivity index (χ1) is 14.0. The van der Waals surface area contributed by atoms with Crippen LogP contribution in [0.15, 0.2) is 42.5 Å². The zero-order chi connectivity index (χ0) is 20.8. The lowest BCUT2D eigenvalue weighted by Crippen LogP contribution is -2.32. The van der Waals surface area contributed by atoms with Gasteiger partial charge in [0.2, 0.25) is 0 Å². The summed E-state index contributed by atoms with van der Waals surface area (Å²) in [5.41, 5.74) is 0.900. The lowest BCUT2D eigenvalue weighted by Gasteiger charge is -2.16. The highest BCUT2D eigenvalue weighted by Crippen LogP contribution is 2.25. The molecule has 0 atom stereocenters. The van der Waals surface area contributed by atoms with E-state index in [1.54, 1.807) is 17.0 Å². The minimum atomic E-state index is -0.803. The van der Waals surface area contributed by atoms with Crippen LogP contribution >= 0.6 is 11.6 Å². The molecule has 1 saturated heterocycles. The van der Waals surface area contributed by atoms with Crippen molar-refractivity contribution in [2.45, 2.75) is 19.4 Å². The van der Waals surface area contributed by atoms with E-state index in [1.165, 1.54) is 12.1 Å². The third kappa shape index (κ3) is 5.23. The fourth-order valence-electron chi connectivity index (χ4n) is 3.06. The molecule has 3 rings (SSSR count). The van der Waals surface area contributed by atoms with Crippen LogP contribution < -0.4 is 5.32 Å². The molecule has 0 radical (unpaired) electrons. The lowest BCUT2D eigenvalue weighted by molar-refractivity contribution is -0.384. The highest BCUT2D eigenvalue weighted by atomic mass is 35.5. The van der Waals surface area contributed by atoms with Gasteiger partial charge in [-0.1, -0.05) is 29.8 Å². The van der Waals surface area contributed by atoms with E-state index in [-0.39, 0.29) is 17.2 Å². The molecule has 0 aliphatic carbocycles. The maximum absolute atomic E-state index is 12.6. The first-order valence-electron chi connectivity index (χ1n) is 9.16. The number of nitrogens with zero attached hydrogens (tertiary/aromatic N) is 2. The maximum Gasteiger partial charge on any atom is 0.341 e. The van der Waals surface area contributed by atoms with Crippen molar-refractivity contribution in [1.82, 2.24) is 4.90 Å². The zero-order valence-electron chi connectivity index (χ0n) is 15.6. The Morgan fingerprint density at radius 2 is 1.90 bits per heavy atom. The molecular weight excluding hydrogens is 398 g/mol. The topological polar surface area (TPSA) is 102 Å². The third-order valence-corrected chi connectivity index (χ3v) is 5.02. The second kappa shape index (κ2) is 9.38. The van der Waals surface area contributed by atoms with Crippen LogP contribution in [0, 0.1) is 10.1 Å². The molecule has 1 amide bonds. The van der Waals surface area contributed by atoms with Crippen LogP contribution in [0.4, 0.5) is 11.4 Å². The van der Waals surface area contributed by atoms with E-state index in [1.807, 2.05) is 12.1 Å². The van der Waals surface area contributed by atoms with Gasteiger partial charge in [0.15, 0.2) is 6.61 Å². The number of rotatable bonds is 7. The number of nitro groups is 1. The van der Waals surface area contributed by atoms with Gasteiger partial charge in [-0.3, -0.25) is 14.9 Å². The van der Waals surface area contributed by atoms with Gasteiger partial charge < -0.3 is 15.0 Å². The second-order valence-corrected chi connectivity index (χ2v) is 7.00. The molecule has 1 N–H and O–H groups in total. The number of carbonyl (C=O) groups excluding carboxylic acids is 2. The van der Waals surface area contributed by atoms with E-state index in [0.717, 1.165) is 24.5 Å². The molecule has 8 nitrogen and oxygen atoms in total. The Bertz CT molecular complexity index is 928. The number of anilines is 1. The van der Waals surface area contributed by atoms with Crippen molar-refractivity contribution in [3.63, 3.8) is 0 Å². The molecule has 1 heterocycles. The van der Waals surface area contributed by atoms with Crippen molar-refractivity contribution in [1.29, 1.82) is 0 Å². The quantitative estimate of drug-likeness (QED) is 0.419. The number of nitrogens with one attached hydrogen (secondary N) is 1. The van der Waals surface area contributed by atoms with E-state index >= 15 is 0 Å². The van der Waals surface area contributed by atoms with Gasteiger partial charge in [-0.15, -0.1) is 0 Å². The Hall–Kier alpha value is -3.13. The first kappa shape index (κ1) is 20.6. The number of nitro benzene ring substituents is 1. The SMILES string of the molecule is O=C(OCC(=O)N1CCCC1)c1cc([N+](=O)[O-])ccc1NCc1ccccc1Cl. The van der Waals surface area contributed by atoms with Gasteiger partial charge in [0.05, 0.1) is 10.5 Å². The summed E-state index contributed by atoms with van der Waals surface area (Å²) in [5.74, 6) is -1.07. The number of hydrogen-bond donors (Lipinski definition) is 1. The molecule has 9 heteroatoms. The van der Waals surface area contributed by atoms with Crippen LogP contribution in [0.5, 0.6) is 0 Å². The van der Waals surface area contributed by atoms with Crippen molar-refractivity contribution < 1.29 is 19.2 Å². The van der Waals surface area contributed by atoms with Crippen LogP contribution in [0.3, 0.4) is 0 Å². The number of benzene rings is 2. The van der Waals surface area contributed by atoms with Crippen LogP contribution in [-0.2, 0) is 16.1 Å². The predicted octanol–water partition coefficient (Wildman–Crippen LogP) is 3.64. The van der Waals surface area contributed by atoms with Crippen molar-refractivity contribution in [3.05, 3.63) is 68.7 Å². The normalized spacial score (nSPS) is 13.2. The van der Waals surface area contributed by atoms with Gasteiger partial charge in [0, 0.05) is 42.5 Å². The molecule has 2 aromatic carbocycles. The van der Waals surface area contributed by atoms with Crippen LogP contribution in [0.1, 0.15) is 28.8 Å². The number of ether oxygens (including phenoxy) is 1. The molecular formula is C20H20ClN3O5. The Labute approximate surface area is 172 Å². The minimum Gasteiger partial charge on any atom is -0.452 e. The molecule has 1 aliphatic heterocycles. The summed E-state index contributed by atoms with van der Waals surface area (Å²) in [6.07, 6.45) is 1.86. The lowest BCUT2D eigenvalue weighted by atomic mass is 10.1. The maximum atomic E-state index is 12.6. The summed E-state index contributed by atoms with van der Waals surface area (Å²) in [7, 11) is 0. The summed E-state index contributed by atoms with van der Waals surface area (Å²) in [6.45, 7) is 1.21. The summed E-state index contributed by atoms with van der Waals surface area (Å²) in [6, 6.07) is 11.1. The molecule has 0 aromatic heterocycles. The average Bonchev–Trinajstić information content (AvgIpc) is 3.26. The first-order valence-corrected chi connectivity index (χ1v) is 9.54. The monoisotopic (exact) mass is 417 g/mol. The van der Waals surface area contributed by atoms with Gasteiger partial charge >= 0.3 is 5.97 Å². The zero-order valence-corrected chi connectivity index (χ0v) is 16.4. The number of likely N-dealkylation sites (tertiary alicyclic amines) is 1. The molecule has 0 unspecified atom stereocenters. The van der Waals surface area contributed by atoms with Crippen molar-refractivity contribution in [3.8, 4) is 0 Å². The van der Waals surface area contributed by atoms with Gasteiger partial charge in [0.25, 0.3) is 11.6 Å². The molecule has 1 fully saturated rings. The minimum absolute atomic E-state index is 0.0134. The number of hydrogen-bond acceptors (Lipinski definition) is 6. The third-order valence-electron chi connectivity index (χ3n) is 4.65. The van der Waals surface area contributed by atoms with Gasteiger partial charge in [-0.2, -0.15) is 0 Å². The fraction of sp³-hybridized carbons (Fsp3) is 0.300. The van der Waals surface area contributed by atoms with Crippen molar-refractivity contribution in [2.24, 2.45) is 0 Å². The Balaban J connectivity index is 1.74. The molecule has 0 spiro atoms. The van der Waals surface area contributed by atoms with E-state index in [9.17, 15) is 19.7 Å². The predicted molar refractivity (Wildman–Crippen MR) is 108 cm³/mol. The van der Waals surface area contributed by atoms with E-state index in [0.29, 0.717) is 30.3 Å². The fourth-order valence-corrected chi connectivity index (χ4v) is 3.27. The molecule has 0 bridgehead atoms. The summed E-state index contributed by atoms with van der Waals surface area (Å²) in [5, 5.41) is 14.7. The van der Waals surface area contributed by atoms with Crippen molar-refractivity contribution in [2.75, 3.05) is 25.0 Å².